The molecule has 5 nitrogen and oxygen atoms in total. The molecular weight excluding hydrogens is 302 g/mol. The first kappa shape index (κ1) is 15.2. The van der Waals surface area contributed by atoms with E-state index in [1.165, 1.54) is 5.56 Å². The van der Waals surface area contributed by atoms with Crippen LogP contribution in [0.25, 0.3) is 0 Å². The molecule has 0 unspecified atom stereocenters. The Morgan fingerprint density at radius 2 is 1.95 bits per heavy atom. The molecule has 3 amide bonds. The van der Waals surface area contributed by atoms with Crippen molar-refractivity contribution in [3.05, 3.63) is 29.8 Å². The fourth-order valence-corrected chi connectivity index (χ4v) is 3.42. The molecule has 0 aliphatic carbocycles. The number of piperidine rings is 1. The minimum absolute atomic E-state index is 0.0205. The van der Waals surface area contributed by atoms with Gasteiger partial charge in [-0.25, -0.2) is 4.79 Å². The maximum Gasteiger partial charge on any atom is 0.322 e. The maximum absolute atomic E-state index is 12.5. The van der Waals surface area contributed by atoms with Gasteiger partial charge >= 0.3 is 6.03 Å². The van der Waals surface area contributed by atoms with Crippen molar-refractivity contribution in [2.45, 2.75) is 25.3 Å². The molecule has 3 rings (SSSR count). The van der Waals surface area contributed by atoms with Gasteiger partial charge in [-0.15, -0.1) is 11.6 Å². The summed E-state index contributed by atoms with van der Waals surface area (Å²) < 4.78 is 0. The number of benzene rings is 1. The summed E-state index contributed by atoms with van der Waals surface area (Å²) in [5.74, 6) is 0.0114. The second kappa shape index (κ2) is 6.57. The quantitative estimate of drug-likeness (QED) is 0.850. The number of fused-ring (bicyclic) bond motifs is 1. The van der Waals surface area contributed by atoms with Crippen LogP contribution in [0.3, 0.4) is 0 Å². The number of alkyl halides is 1. The third-order valence-corrected chi connectivity index (χ3v) is 4.74. The number of rotatable bonds is 2. The van der Waals surface area contributed by atoms with Crippen LogP contribution in [0.15, 0.2) is 24.3 Å². The first-order valence-electron chi connectivity index (χ1n) is 7.68. The minimum atomic E-state index is -0.0351. The van der Waals surface area contributed by atoms with Crippen molar-refractivity contribution in [1.82, 2.24) is 9.80 Å². The van der Waals surface area contributed by atoms with Crippen molar-refractivity contribution in [2.24, 2.45) is 0 Å². The lowest BCUT2D eigenvalue weighted by atomic mass is 10.0. The fraction of sp³-hybridized carbons (Fsp3) is 0.500. The summed E-state index contributed by atoms with van der Waals surface area (Å²) in [5.41, 5.74) is 2.08. The molecule has 0 spiro atoms. The molecule has 1 N–H and O–H groups in total. The molecule has 2 aliphatic rings. The van der Waals surface area contributed by atoms with Crippen LogP contribution in [0.5, 0.6) is 0 Å². The standard InChI is InChI=1S/C16H20ClN3O2/c17-11-15(21)19-8-6-13(7-9-19)20-10-5-12-3-1-2-4-14(12)18-16(20)22/h1-4,13H,5-11H2,(H,18,22). The summed E-state index contributed by atoms with van der Waals surface area (Å²) >= 11 is 5.60. The van der Waals surface area contributed by atoms with Gasteiger partial charge in [-0.2, -0.15) is 0 Å². The van der Waals surface area contributed by atoms with Crippen molar-refractivity contribution in [3.8, 4) is 0 Å². The molecule has 1 saturated heterocycles. The van der Waals surface area contributed by atoms with Gasteiger partial charge in [0.1, 0.15) is 5.88 Å². The van der Waals surface area contributed by atoms with Crippen molar-refractivity contribution in [3.63, 3.8) is 0 Å². The number of urea groups is 1. The topological polar surface area (TPSA) is 52.7 Å². The molecular formula is C16H20ClN3O2. The Kier molecular flexibility index (Phi) is 4.52. The summed E-state index contributed by atoms with van der Waals surface area (Å²) in [6.45, 7) is 2.07. The van der Waals surface area contributed by atoms with Crippen LogP contribution in [-0.4, -0.2) is 53.3 Å². The van der Waals surface area contributed by atoms with Crippen molar-refractivity contribution in [1.29, 1.82) is 0 Å². The molecule has 0 bridgehead atoms. The van der Waals surface area contributed by atoms with Gasteiger partial charge in [0.25, 0.3) is 0 Å². The van der Waals surface area contributed by atoms with Gasteiger partial charge in [0.15, 0.2) is 0 Å². The number of nitrogens with zero attached hydrogens (tertiary/aromatic N) is 2. The highest BCUT2D eigenvalue weighted by Gasteiger charge is 2.30. The van der Waals surface area contributed by atoms with Crippen molar-refractivity contribution in [2.75, 3.05) is 30.8 Å². The molecule has 0 aromatic heterocycles. The van der Waals surface area contributed by atoms with E-state index in [1.54, 1.807) is 4.90 Å². The van der Waals surface area contributed by atoms with Gasteiger partial charge in [0.05, 0.1) is 0 Å². The normalized spacial score (nSPS) is 19.4. The zero-order valence-electron chi connectivity index (χ0n) is 12.4. The number of anilines is 1. The van der Waals surface area contributed by atoms with Crippen LogP contribution in [0.2, 0.25) is 0 Å². The predicted molar refractivity (Wildman–Crippen MR) is 86.2 cm³/mol. The molecule has 2 heterocycles. The molecule has 1 aromatic rings. The molecule has 118 valence electrons. The van der Waals surface area contributed by atoms with E-state index in [4.69, 9.17) is 11.6 Å². The fourth-order valence-electron chi connectivity index (χ4n) is 3.25. The Labute approximate surface area is 135 Å². The predicted octanol–water partition coefficient (Wildman–Crippen LogP) is 2.31. The van der Waals surface area contributed by atoms with E-state index in [0.29, 0.717) is 13.1 Å². The minimum Gasteiger partial charge on any atom is -0.342 e. The number of amides is 3. The first-order chi connectivity index (χ1) is 10.7. The Bertz CT molecular complexity index is 570. The Balaban J connectivity index is 1.65. The van der Waals surface area contributed by atoms with Gasteiger partial charge in [0, 0.05) is 31.4 Å². The van der Waals surface area contributed by atoms with Crippen LogP contribution in [0.4, 0.5) is 10.5 Å². The van der Waals surface area contributed by atoms with Crippen LogP contribution >= 0.6 is 11.6 Å². The highest BCUT2D eigenvalue weighted by molar-refractivity contribution is 6.27. The Morgan fingerprint density at radius 3 is 2.68 bits per heavy atom. The lowest BCUT2D eigenvalue weighted by molar-refractivity contribution is -0.129. The first-order valence-corrected chi connectivity index (χ1v) is 8.22. The van der Waals surface area contributed by atoms with Crippen molar-refractivity contribution < 1.29 is 9.59 Å². The number of carbonyl (C=O) groups excluding carboxylic acids is 2. The summed E-state index contributed by atoms with van der Waals surface area (Å²) in [7, 11) is 0. The van der Waals surface area contributed by atoms with E-state index in [-0.39, 0.29) is 23.9 Å². The molecule has 2 aliphatic heterocycles. The van der Waals surface area contributed by atoms with Crippen LogP contribution < -0.4 is 5.32 Å². The SMILES string of the molecule is O=C(CCl)N1CCC(N2CCc3ccccc3NC2=O)CC1. The summed E-state index contributed by atoms with van der Waals surface area (Å²) in [5, 5.41) is 3.00. The largest absolute Gasteiger partial charge is 0.342 e. The second-order valence-corrected chi connectivity index (χ2v) is 6.04. The van der Waals surface area contributed by atoms with Gasteiger partial charge in [-0.05, 0) is 30.9 Å². The highest BCUT2D eigenvalue weighted by Crippen LogP contribution is 2.24. The Morgan fingerprint density at radius 1 is 1.23 bits per heavy atom. The van der Waals surface area contributed by atoms with E-state index in [1.807, 2.05) is 23.1 Å². The monoisotopic (exact) mass is 321 g/mol. The van der Waals surface area contributed by atoms with E-state index < -0.39 is 0 Å². The van der Waals surface area contributed by atoms with Crippen LogP contribution in [0, 0.1) is 0 Å². The second-order valence-electron chi connectivity index (χ2n) is 5.78. The molecule has 6 heteroatoms. The lowest BCUT2D eigenvalue weighted by Gasteiger charge is -2.37. The number of para-hydroxylation sites is 1. The average molecular weight is 322 g/mol. The molecule has 0 saturated carbocycles. The third-order valence-electron chi connectivity index (χ3n) is 4.51. The lowest BCUT2D eigenvalue weighted by Crippen LogP contribution is -2.50. The zero-order valence-corrected chi connectivity index (χ0v) is 13.2. The van der Waals surface area contributed by atoms with Gasteiger partial charge in [-0.1, -0.05) is 18.2 Å². The Hall–Kier alpha value is -1.75. The summed E-state index contributed by atoms with van der Waals surface area (Å²) in [6, 6.07) is 8.09. The smallest absolute Gasteiger partial charge is 0.322 e. The van der Waals surface area contributed by atoms with Gasteiger partial charge in [0.2, 0.25) is 5.91 Å². The number of halogens is 1. The summed E-state index contributed by atoms with van der Waals surface area (Å²) in [4.78, 5) is 27.8. The molecule has 1 aromatic carbocycles. The van der Waals surface area contributed by atoms with Crippen molar-refractivity contribution >= 4 is 29.2 Å². The highest BCUT2D eigenvalue weighted by atomic mass is 35.5. The number of nitrogens with one attached hydrogen (secondary N) is 1. The van der Waals surface area contributed by atoms with E-state index in [9.17, 15) is 9.59 Å². The summed E-state index contributed by atoms with van der Waals surface area (Å²) in [6.07, 6.45) is 2.48. The molecule has 22 heavy (non-hydrogen) atoms. The van der Waals surface area contributed by atoms with Gasteiger partial charge < -0.3 is 15.1 Å². The molecule has 1 fully saturated rings. The van der Waals surface area contributed by atoms with E-state index >= 15 is 0 Å². The van der Waals surface area contributed by atoms with E-state index in [2.05, 4.69) is 11.4 Å². The number of hydrogen-bond acceptors (Lipinski definition) is 2. The maximum atomic E-state index is 12.5. The number of carbonyl (C=O) groups is 2. The third kappa shape index (κ3) is 3.04. The van der Waals surface area contributed by atoms with Crippen LogP contribution in [-0.2, 0) is 11.2 Å². The molecule has 0 atom stereocenters. The molecule has 0 radical (unpaired) electrons. The zero-order chi connectivity index (χ0) is 15.5. The number of hydrogen-bond donors (Lipinski definition) is 1. The number of likely N-dealkylation sites (tertiary alicyclic amines) is 1. The van der Waals surface area contributed by atoms with Gasteiger partial charge in [-0.3, -0.25) is 4.79 Å². The van der Waals surface area contributed by atoms with Crippen LogP contribution in [0.1, 0.15) is 18.4 Å². The average Bonchev–Trinajstić information content (AvgIpc) is 2.72. The van der Waals surface area contributed by atoms with E-state index in [0.717, 1.165) is 31.5 Å².